The summed E-state index contributed by atoms with van der Waals surface area (Å²) in [5, 5.41) is 62.3. The molecule has 188 valence electrons. The summed E-state index contributed by atoms with van der Waals surface area (Å²) < 4.78 is 6.10. The molecule has 0 spiro atoms. The summed E-state index contributed by atoms with van der Waals surface area (Å²) in [6, 6.07) is 18.3. The van der Waals surface area contributed by atoms with Crippen molar-refractivity contribution in [1.82, 2.24) is 0 Å². The highest BCUT2D eigenvalue weighted by Gasteiger charge is 2.42. The average molecular weight is 501 g/mol. The van der Waals surface area contributed by atoms with Gasteiger partial charge in [-0.3, -0.25) is 4.79 Å². The van der Waals surface area contributed by atoms with Crippen molar-refractivity contribution in [2.75, 3.05) is 0 Å². The van der Waals surface area contributed by atoms with Crippen LogP contribution in [0.2, 0.25) is 0 Å². The number of benzene rings is 4. The van der Waals surface area contributed by atoms with E-state index in [-0.39, 0.29) is 58.3 Å². The molecule has 1 aliphatic rings. The van der Waals surface area contributed by atoms with Gasteiger partial charge in [0.25, 0.3) is 0 Å². The Hall–Kier alpha value is -4.69. The van der Waals surface area contributed by atoms with Crippen LogP contribution < -0.4 is 4.74 Å². The lowest BCUT2D eigenvalue weighted by atomic mass is 9.86. The molecule has 5 rings (SSSR count). The van der Waals surface area contributed by atoms with E-state index in [1.807, 2.05) is 0 Å². The highest BCUT2D eigenvalue weighted by Crippen LogP contribution is 2.49. The third-order valence-electron chi connectivity index (χ3n) is 6.50. The Morgan fingerprint density at radius 2 is 1.08 bits per heavy atom. The summed E-state index contributed by atoms with van der Waals surface area (Å²) in [4.78, 5) is 13.4. The van der Waals surface area contributed by atoms with Gasteiger partial charge in [0.15, 0.2) is 12.2 Å². The number of carbonyl (C=O) groups excluding carboxylic acids is 1. The number of aliphatic hydroxyl groups excluding tert-OH is 1. The molecule has 4 aromatic carbocycles. The lowest BCUT2D eigenvalue weighted by Crippen LogP contribution is -2.37. The number of Topliss-reactive ketones (excluding diaryl/α,β-unsaturated/α-hetero) is 1. The first-order chi connectivity index (χ1) is 17.7. The molecule has 0 radical (unpaired) electrons. The van der Waals surface area contributed by atoms with Crippen molar-refractivity contribution in [1.29, 1.82) is 0 Å². The van der Waals surface area contributed by atoms with E-state index in [9.17, 15) is 35.4 Å². The molecule has 0 unspecified atom stereocenters. The number of hydrogen-bond donors (Lipinski definition) is 6. The molecule has 0 amide bonds. The number of rotatable bonds is 5. The summed E-state index contributed by atoms with van der Waals surface area (Å²) in [6.07, 6.45) is -2.64. The molecule has 6 N–H and O–H groups in total. The van der Waals surface area contributed by atoms with Crippen LogP contribution in [0.5, 0.6) is 34.5 Å². The van der Waals surface area contributed by atoms with E-state index in [2.05, 4.69) is 0 Å². The van der Waals surface area contributed by atoms with Crippen LogP contribution in [0, 0.1) is 0 Å². The predicted octanol–water partition coefficient (Wildman–Crippen LogP) is 4.07. The fraction of sp³-hybridized carbons (Fsp3) is 0.138. The van der Waals surface area contributed by atoms with E-state index in [0.29, 0.717) is 16.7 Å². The third kappa shape index (κ3) is 4.50. The minimum absolute atomic E-state index is 0.00274. The molecule has 8 heteroatoms. The van der Waals surface area contributed by atoms with Crippen molar-refractivity contribution in [3.63, 3.8) is 0 Å². The molecule has 2 atom stereocenters. The molecule has 4 aromatic rings. The van der Waals surface area contributed by atoms with Gasteiger partial charge in [0.1, 0.15) is 40.1 Å². The molecule has 1 heterocycles. The van der Waals surface area contributed by atoms with Crippen LogP contribution in [-0.2, 0) is 12.8 Å². The molecule has 37 heavy (non-hydrogen) atoms. The van der Waals surface area contributed by atoms with Crippen LogP contribution in [0.4, 0.5) is 0 Å². The average Bonchev–Trinajstić information content (AvgIpc) is 2.89. The van der Waals surface area contributed by atoms with Gasteiger partial charge in [-0.05, 0) is 53.1 Å². The normalized spacial score (nSPS) is 16.7. The largest absolute Gasteiger partial charge is 0.508 e. The highest BCUT2D eigenvalue weighted by molar-refractivity contribution is 6.06. The van der Waals surface area contributed by atoms with Crippen LogP contribution >= 0.6 is 0 Å². The third-order valence-corrected chi connectivity index (χ3v) is 6.50. The number of hydrogen-bond acceptors (Lipinski definition) is 8. The lowest BCUT2D eigenvalue weighted by Gasteiger charge is -2.33. The molecule has 8 nitrogen and oxygen atoms in total. The van der Waals surface area contributed by atoms with Gasteiger partial charge >= 0.3 is 0 Å². The molecule has 0 aliphatic carbocycles. The summed E-state index contributed by atoms with van der Waals surface area (Å²) in [5.74, 6) is -1.46. The smallest absolute Gasteiger partial charge is 0.202 e. The van der Waals surface area contributed by atoms with Crippen molar-refractivity contribution in [3.05, 3.63) is 106 Å². The number of fused-ring (bicyclic) bond motifs is 1. The number of carbonyl (C=O) groups is 1. The van der Waals surface area contributed by atoms with Gasteiger partial charge in [-0.15, -0.1) is 0 Å². The van der Waals surface area contributed by atoms with Gasteiger partial charge < -0.3 is 35.4 Å². The fourth-order valence-corrected chi connectivity index (χ4v) is 4.53. The molecular formula is C29H24O8. The van der Waals surface area contributed by atoms with Crippen molar-refractivity contribution in [2.24, 2.45) is 0 Å². The van der Waals surface area contributed by atoms with E-state index in [1.54, 1.807) is 24.3 Å². The number of phenols is 5. The Bertz CT molecular complexity index is 1460. The van der Waals surface area contributed by atoms with Gasteiger partial charge in [-0.1, -0.05) is 36.4 Å². The summed E-state index contributed by atoms with van der Waals surface area (Å²) in [5.41, 5.74) is 1.85. The summed E-state index contributed by atoms with van der Waals surface area (Å²) in [7, 11) is 0. The van der Waals surface area contributed by atoms with Crippen LogP contribution in [0.15, 0.2) is 72.8 Å². The SMILES string of the molecule is O=C1c2c(O)c(Cc3ccc(O)cc3)c(O)c(Cc3ccc(O)cc3)c2O[C@@H](c2ccc(O)cc2)[C@@H]1O. The second-order valence-corrected chi connectivity index (χ2v) is 8.98. The Morgan fingerprint density at radius 1 is 0.622 bits per heavy atom. The zero-order chi connectivity index (χ0) is 26.3. The van der Waals surface area contributed by atoms with Crippen LogP contribution in [0.1, 0.15) is 44.3 Å². The van der Waals surface area contributed by atoms with E-state index < -0.39 is 23.7 Å². The van der Waals surface area contributed by atoms with Crippen molar-refractivity contribution >= 4 is 5.78 Å². The second kappa shape index (κ2) is 9.40. The zero-order valence-electron chi connectivity index (χ0n) is 19.5. The maximum Gasteiger partial charge on any atom is 0.202 e. The summed E-state index contributed by atoms with van der Waals surface area (Å²) in [6.45, 7) is 0. The van der Waals surface area contributed by atoms with E-state index in [4.69, 9.17) is 4.74 Å². The van der Waals surface area contributed by atoms with E-state index in [1.165, 1.54) is 48.5 Å². The first-order valence-corrected chi connectivity index (χ1v) is 11.6. The number of phenolic OH excluding ortho intramolecular Hbond substituents is 5. The zero-order valence-corrected chi connectivity index (χ0v) is 19.5. The topological polar surface area (TPSA) is 148 Å². The van der Waals surface area contributed by atoms with Crippen LogP contribution in [0.3, 0.4) is 0 Å². The molecule has 0 saturated carbocycles. The standard InChI is InChI=1S/C29H24O8/c30-18-7-1-15(2-8-18)13-21-24(33)22(14-16-3-9-19(31)10-4-16)29-23(25(21)34)26(35)27(36)28(37-29)17-5-11-20(32)12-6-17/h1-12,27-28,30-34,36H,13-14H2/t27-,28+/m1/s1. The van der Waals surface area contributed by atoms with Gasteiger partial charge in [-0.2, -0.15) is 0 Å². The van der Waals surface area contributed by atoms with Gasteiger partial charge in [0, 0.05) is 24.0 Å². The van der Waals surface area contributed by atoms with Crippen molar-refractivity contribution in [2.45, 2.75) is 25.0 Å². The molecular weight excluding hydrogens is 476 g/mol. The summed E-state index contributed by atoms with van der Waals surface area (Å²) >= 11 is 0. The highest BCUT2D eigenvalue weighted by atomic mass is 16.5. The lowest BCUT2D eigenvalue weighted by molar-refractivity contribution is 0.0206. The first-order valence-electron chi connectivity index (χ1n) is 11.6. The van der Waals surface area contributed by atoms with Crippen molar-refractivity contribution in [3.8, 4) is 34.5 Å². The maximum atomic E-state index is 13.4. The van der Waals surface area contributed by atoms with E-state index in [0.717, 1.165) is 0 Å². The molecule has 1 aliphatic heterocycles. The van der Waals surface area contributed by atoms with Gasteiger partial charge in [0.05, 0.1) is 0 Å². The molecule has 0 fully saturated rings. The quantitative estimate of drug-likeness (QED) is 0.240. The Kier molecular flexibility index (Phi) is 6.11. The fourth-order valence-electron chi connectivity index (χ4n) is 4.53. The molecule has 0 saturated heterocycles. The predicted molar refractivity (Wildman–Crippen MR) is 133 cm³/mol. The minimum atomic E-state index is -1.64. The number of aliphatic hydroxyl groups is 1. The van der Waals surface area contributed by atoms with Gasteiger partial charge in [-0.25, -0.2) is 0 Å². The number of aromatic hydroxyl groups is 5. The van der Waals surface area contributed by atoms with Crippen LogP contribution in [-0.4, -0.2) is 42.5 Å². The Labute approximate surface area is 211 Å². The molecule has 0 bridgehead atoms. The minimum Gasteiger partial charge on any atom is -0.508 e. The second-order valence-electron chi connectivity index (χ2n) is 8.98. The Balaban J connectivity index is 1.67. The Morgan fingerprint density at radius 3 is 1.59 bits per heavy atom. The number of ether oxygens (including phenoxy) is 1. The monoisotopic (exact) mass is 500 g/mol. The van der Waals surface area contributed by atoms with E-state index >= 15 is 0 Å². The van der Waals surface area contributed by atoms with Crippen molar-refractivity contribution < 1.29 is 40.2 Å². The van der Waals surface area contributed by atoms with Crippen LogP contribution in [0.25, 0.3) is 0 Å². The number of ketones is 1. The maximum absolute atomic E-state index is 13.4. The first kappa shape index (κ1) is 24.0. The van der Waals surface area contributed by atoms with Gasteiger partial charge in [0.2, 0.25) is 5.78 Å². The molecule has 0 aromatic heterocycles.